The van der Waals surface area contributed by atoms with Crippen molar-refractivity contribution in [1.29, 1.82) is 0 Å². The lowest BCUT2D eigenvalue weighted by Gasteiger charge is -2.11. The van der Waals surface area contributed by atoms with Gasteiger partial charge in [0.25, 0.3) is 0 Å². The first-order valence-corrected chi connectivity index (χ1v) is 11.9. The number of hydrogen-bond donors (Lipinski definition) is 1. The standard InChI is InChI=1S/C28H24FNO2S.H2O/c29-24-10-6-7-21(19-24)15-18-26(31)20-22-13-16-25(17-14-22)30-33(32)28-12-5-4-11-27(28)23-8-2-1-3-9-23;/h1-14,16-17,19,30H,15,18,20H2;1H2. The molecule has 0 aliphatic heterocycles. The zero-order chi connectivity index (χ0) is 23.0. The predicted octanol–water partition coefficient (Wildman–Crippen LogP) is 5.55. The number of nitrogens with one attached hydrogen (secondary N) is 1. The molecule has 3 N–H and O–H groups in total. The number of carbonyl (C=O) groups is 1. The molecular weight excluding hydrogens is 449 g/mol. The highest BCUT2D eigenvalue weighted by atomic mass is 32.2. The van der Waals surface area contributed by atoms with Crippen molar-refractivity contribution in [3.8, 4) is 11.1 Å². The molecule has 1 unspecified atom stereocenters. The van der Waals surface area contributed by atoms with Gasteiger partial charge in [0.2, 0.25) is 0 Å². The van der Waals surface area contributed by atoms with E-state index in [1.807, 2.05) is 84.9 Å². The Balaban J connectivity index is 0.00000324. The molecule has 4 nitrogen and oxygen atoms in total. The summed E-state index contributed by atoms with van der Waals surface area (Å²) < 4.78 is 29.4. The molecule has 0 aliphatic rings. The van der Waals surface area contributed by atoms with Crippen LogP contribution in [0.25, 0.3) is 11.1 Å². The number of hydrogen-bond acceptors (Lipinski definition) is 2. The van der Waals surface area contributed by atoms with Gasteiger partial charge in [-0.1, -0.05) is 72.8 Å². The van der Waals surface area contributed by atoms with E-state index in [0.717, 1.165) is 22.3 Å². The van der Waals surface area contributed by atoms with E-state index in [4.69, 9.17) is 0 Å². The maximum atomic E-state index is 13.3. The molecule has 0 aliphatic carbocycles. The summed E-state index contributed by atoms with van der Waals surface area (Å²) in [6.07, 6.45) is 1.20. The Kier molecular flexibility index (Phi) is 8.85. The minimum absolute atomic E-state index is 0. The zero-order valence-electron chi connectivity index (χ0n) is 18.5. The molecule has 34 heavy (non-hydrogen) atoms. The van der Waals surface area contributed by atoms with E-state index in [0.29, 0.717) is 29.8 Å². The fourth-order valence-electron chi connectivity index (χ4n) is 3.63. The van der Waals surface area contributed by atoms with Crippen LogP contribution in [0, 0.1) is 5.82 Å². The lowest BCUT2D eigenvalue weighted by molar-refractivity contribution is -0.118. The van der Waals surface area contributed by atoms with E-state index in [1.54, 1.807) is 6.07 Å². The SMILES string of the molecule is O.O=C(CCc1cccc(F)c1)Cc1ccc(NS(=O)c2ccccc2-c2ccccc2)cc1. The number of Topliss-reactive ketones (excluding diaryl/α,β-unsaturated/α-hetero) is 1. The third-order valence-electron chi connectivity index (χ3n) is 5.32. The number of benzene rings is 4. The summed E-state index contributed by atoms with van der Waals surface area (Å²) >= 11 is 0. The van der Waals surface area contributed by atoms with Gasteiger partial charge in [-0.15, -0.1) is 0 Å². The molecule has 0 saturated heterocycles. The quantitative estimate of drug-likeness (QED) is 0.345. The van der Waals surface area contributed by atoms with Gasteiger partial charge in [0.15, 0.2) is 11.0 Å². The number of ketones is 1. The topological polar surface area (TPSA) is 77.7 Å². The lowest BCUT2D eigenvalue weighted by atomic mass is 10.0. The van der Waals surface area contributed by atoms with E-state index in [-0.39, 0.29) is 17.1 Å². The molecule has 1 atom stereocenters. The second-order valence-electron chi connectivity index (χ2n) is 7.78. The molecule has 6 heteroatoms. The fourth-order valence-corrected chi connectivity index (χ4v) is 4.68. The average Bonchev–Trinajstić information content (AvgIpc) is 2.84. The first-order valence-electron chi connectivity index (χ1n) is 10.8. The Morgan fingerprint density at radius 3 is 2.24 bits per heavy atom. The van der Waals surface area contributed by atoms with Crippen LogP contribution in [0.5, 0.6) is 0 Å². The van der Waals surface area contributed by atoms with Gasteiger partial charge in [-0.25, -0.2) is 8.60 Å². The number of carbonyl (C=O) groups excluding carboxylic acids is 1. The minimum atomic E-state index is -1.44. The molecule has 4 rings (SSSR count). The van der Waals surface area contributed by atoms with Crippen LogP contribution in [0.1, 0.15) is 17.5 Å². The second kappa shape index (κ2) is 12.0. The van der Waals surface area contributed by atoms with Gasteiger partial charge in [0, 0.05) is 18.5 Å². The minimum Gasteiger partial charge on any atom is -0.412 e. The molecule has 4 aromatic rings. The summed E-state index contributed by atoms with van der Waals surface area (Å²) in [4.78, 5) is 13.0. The van der Waals surface area contributed by atoms with Crippen LogP contribution in [0.15, 0.2) is 108 Å². The highest BCUT2D eigenvalue weighted by Crippen LogP contribution is 2.26. The molecule has 4 aromatic carbocycles. The Morgan fingerprint density at radius 1 is 0.794 bits per heavy atom. The molecular formula is C28H26FNO3S. The number of aryl methyl sites for hydroxylation is 1. The Morgan fingerprint density at radius 2 is 1.50 bits per heavy atom. The first-order chi connectivity index (χ1) is 16.1. The Hall–Kier alpha value is -3.61. The van der Waals surface area contributed by atoms with Gasteiger partial charge in [0.05, 0.1) is 4.90 Å². The number of anilines is 1. The first kappa shape index (κ1) is 25.0. The molecule has 0 bridgehead atoms. The van der Waals surface area contributed by atoms with Gasteiger partial charge in [-0.2, -0.15) is 0 Å². The van der Waals surface area contributed by atoms with Crippen LogP contribution < -0.4 is 4.72 Å². The molecule has 0 fully saturated rings. The lowest BCUT2D eigenvalue weighted by Crippen LogP contribution is -2.07. The van der Waals surface area contributed by atoms with Crippen LogP contribution in [-0.4, -0.2) is 15.5 Å². The normalized spacial score (nSPS) is 11.3. The van der Waals surface area contributed by atoms with Gasteiger partial charge in [-0.3, -0.25) is 4.79 Å². The van der Waals surface area contributed by atoms with Crippen LogP contribution in [0.3, 0.4) is 0 Å². The van der Waals surface area contributed by atoms with E-state index >= 15 is 0 Å². The molecule has 0 heterocycles. The number of rotatable bonds is 9. The van der Waals surface area contributed by atoms with Crippen molar-refractivity contribution in [3.05, 3.63) is 120 Å². The summed E-state index contributed by atoms with van der Waals surface area (Å²) in [6, 6.07) is 31.2. The second-order valence-corrected chi connectivity index (χ2v) is 8.96. The zero-order valence-corrected chi connectivity index (χ0v) is 19.4. The summed E-state index contributed by atoms with van der Waals surface area (Å²) in [7, 11) is -1.44. The summed E-state index contributed by atoms with van der Waals surface area (Å²) in [5.74, 6) is -0.188. The van der Waals surface area contributed by atoms with Crippen LogP contribution >= 0.6 is 0 Å². The highest BCUT2D eigenvalue weighted by molar-refractivity contribution is 7.86. The Labute approximate surface area is 201 Å². The largest absolute Gasteiger partial charge is 0.412 e. The predicted molar refractivity (Wildman–Crippen MR) is 135 cm³/mol. The highest BCUT2D eigenvalue weighted by Gasteiger charge is 2.12. The van der Waals surface area contributed by atoms with Crippen molar-refractivity contribution in [2.75, 3.05) is 4.72 Å². The third-order valence-corrected chi connectivity index (χ3v) is 6.50. The molecule has 0 spiro atoms. The number of halogens is 1. The van der Waals surface area contributed by atoms with Crippen LogP contribution in [0.4, 0.5) is 10.1 Å². The summed E-state index contributed by atoms with van der Waals surface area (Å²) in [5.41, 5.74) is 4.35. The molecule has 0 saturated carbocycles. The van der Waals surface area contributed by atoms with E-state index in [9.17, 15) is 13.4 Å². The third kappa shape index (κ3) is 6.70. The van der Waals surface area contributed by atoms with Gasteiger partial charge in [0.1, 0.15) is 11.6 Å². The van der Waals surface area contributed by atoms with Crippen LogP contribution in [0.2, 0.25) is 0 Å². The summed E-state index contributed by atoms with van der Waals surface area (Å²) in [5, 5.41) is 0. The molecule has 0 radical (unpaired) electrons. The maximum Gasteiger partial charge on any atom is 0.150 e. The van der Waals surface area contributed by atoms with E-state index in [2.05, 4.69) is 4.72 Å². The van der Waals surface area contributed by atoms with E-state index < -0.39 is 11.0 Å². The van der Waals surface area contributed by atoms with Crippen molar-refractivity contribution in [2.24, 2.45) is 0 Å². The fraction of sp³-hybridized carbons (Fsp3) is 0.107. The summed E-state index contributed by atoms with van der Waals surface area (Å²) in [6.45, 7) is 0. The van der Waals surface area contributed by atoms with Crippen molar-refractivity contribution >= 4 is 22.5 Å². The average molecular weight is 476 g/mol. The van der Waals surface area contributed by atoms with Crippen LogP contribution in [-0.2, 0) is 28.6 Å². The van der Waals surface area contributed by atoms with Crippen molar-refractivity contribution in [1.82, 2.24) is 0 Å². The molecule has 174 valence electrons. The van der Waals surface area contributed by atoms with Crippen molar-refractivity contribution in [2.45, 2.75) is 24.2 Å². The molecule has 0 amide bonds. The van der Waals surface area contributed by atoms with Crippen molar-refractivity contribution in [3.63, 3.8) is 0 Å². The maximum absolute atomic E-state index is 13.3. The van der Waals surface area contributed by atoms with Gasteiger partial charge >= 0.3 is 0 Å². The monoisotopic (exact) mass is 475 g/mol. The Bertz CT molecular complexity index is 1260. The van der Waals surface area contributed by atoms with Crippen molar-refractivity contribution < 1.29 is 18.9 Å². The smallest absolute Gasteiger partial charge is 0.150 e. The molecule has 0 aromatic heterocycles. The van der Waals surface area contributed by atoms with Gasteiger partial charge in [-0.05, 0) is 59.0 Å². The van der Waals surface area contributed by atoms with Gasteiger partial charge < -0.3 is 10.2 Å². The van der Waals surface area contributed by atoms with E-state index in [1.165, 1.54) is 12.1 Å².